The molecule has 1 N–H and O–H groups in total. The fourth-order valence-corrected chi connectivity index (χ4v) is 3.22. The van der Waals surface area contributed by atoms with Gasteiger partial charge in [0.2, 0.25) is 0 Å². The van der Waals surface area contributed by atoms with E-state index in [1.54, 1.807) is 11.3 Å². The molecule has 114 valence electrons. The number of rotatable bonds is 5. The van der Waals surface area contributed by atoms with E-state index in [4.69, 9.17) is 0 Å². The molecule has 2 nitrogen and oxygen atoms in total. The largest absolute Gasteiger partial charge is 0.301 e. The van der Waals surface area contributed by atoms with E-state index in [9.17, 15) is 0 Å². The highest BCUT2D eigenvalue weighted by atomic mass is 32.1. The third-order valence-electron chi connectivity index (χ3n) is 3.89. The average Bonchev–Trinajstić information content (AvgIpc) is 2.97. The van der Waals surface area contributed by atoms with Gasteiger partial charge in [0.1, 0.15) is 5.01 Å². The van der Waals surface area contributed by atoms with E-state index in [0.29, 0.717) is 12.1 Å². The Kier molecular flexibility index (Phi) is 5.17. The quantitative estimate of drug-likeness (QED) is 0.816. The predicted octanol–water partition coefficient (Wildman–Crippen LogP) is 5.24. The summed E-state index contributed by atoms with van der Waals surface area (Å²) >= 11 is 1.72. The van der Waals surface area contributed by atoms with E-state index < -0.39 is 0 Å². The zero-order valence-electron chi connectivity index (χ0n) is 13.7. The first-order valence-corrected chi connectivity index (χ1v) is 8.55. The number of thiazole rings is 1. The van der Waals surface area contributed by atoms with Crippen molar-refractivity contribution in [3.05, 3.63) is 52.0 Å². The molecule has 0 saturated heterocycles. The van der Waals surface area contributed by atoms with E-state index >= 15 is 0 Å². The highest BCUT2D eigenvalue weighted by Crippen LogP contribution is 2.26. The van der Waals surface area contributed by atoms with Crippen LogP contribution in [0.4, 0.5) is 0 Å². The van der Waals surface area contributed by atoms with Gasteiger partial charge in [-0.25, -0.2) is 4.98 Å². The van der Waals surface area contributed by atoms with Gasteiger partial charge < -0.3 is 5.32 Å². The number of benzene rings is 1. The second-order valence-corrected chi connectivity index (χ2v) is 7.52. The van der Waals surface area contributed by atoms with Gasteiger partial charge in [0.05, 0.1) is 6.04 Å². The molecule has 3 heteroatoms. The molecule has 21 heavy (non-hydrogen) atoms. The first-order chi connectivity index (χ1) is 9.91. The minimum absolute atomic E-state index is 0.210. The van der Waals surface area contributed by atoms with Gasteiger partial charge in [0.15, 0.2) is 0 Å². The number of hydrogen-bond acceptors (Lipinski definition) is 3. The Bertz CT molecular complexity index is 538. The second kappa shape index (κ2) is 6.71. The minimum atomic E-state index is 0.210. The number of nitrogens with zero attached hydrogens (tertiary/aromatic N) is 1. The molecular weight excluding hydrogens is 276 g/mol. The summed E-state index contributed by atoms with van der Waals surface area (Å²) in [5.41, 5.74) is 2.92. The summed E-state index contributed by atoms with van der Waals surface area (Å²) in [5.74, 6) is 0. The van der Waals surface area contributed by atoms with Crippen LogP contribution in [-0.4, -0.2) is 4.98 Å². The van der Waals surface area contributed by atoms with Crippen LogP contribution in [-0.2, 0) is 5.41 Å². The summed E-state index contributed by atoms with van der Waals surface area (Å²) in [6.45, 7) is 11.2. The normalized spacial score (nSPS) is 14.9. The molecule has 0 radical (unpaired) electrons. The molecule has 2 atom stereocenters. The number of nitrogens with one attached hydrogen (secondary N) is 1. The fraction of sp³-hybridized carbons (Fsp3) is 0.500. The lowest BCUT2D eigenvalue weighted by Gasteiger charge is -2.23. The van der Waals surface area contributed by atoms with Crippen LogP contribution in [0, 0.1) is 0 Å². The lowest BCUT2D eigenvalue weighted by atomic mass is 9.86. The van der Waals surface area contributed by atoms with E-state index in [1.165, 1.54) is 16.1 Å². The molecule has 2 aromatic rings. The van der Waals surface area contributed by atoms with E-state index in [2.05, 4.69) is 69.2 Å². The Balaban J connectivity index is 2.07. The SMILES string of the molecule is CCC(NC(C)c1ccc(C(C)(C)C)cc1)c1nccs1. The highest BCUT2D eigenvalue weighted by molar-refractivity contribution is 7.09. The number of aromatic nitrogens is 1. The molecule has 1 aromatic carbocycles. The smallest absolute Gasteiger partial charge is 0.109 e. The Morgan fingerprint density at radius 3 is 2.33 bits per heavy atom. The molecule has 0 saturated carbocycles. The molecule has 2 unspecified atom stereocenters. The van der Waals surface area contributed by atoms with Gasteiger partial charge in [0, 0.05) is 17.6 Å². The summed E-state index contributed by atoms with van der Waals surface area (Å²) < 4.78 is 0. The van der Waals surface area contributed by atoms with Crippen LogP contribution in [0.15, 0.2) is 35.8 Å². The maximum Gasteiger partial charge on any atom is 0.109 e. The average molecular weight is 302 g/mol. The maximum absolute atomic E-state index is 4.44. The van der Waals surface area contributed by atoms with E-state index in [0.717, 1.165) is 6.42 Å². The third-order valence-corrected chi connectivity index (χ3v) is 4.77. The maximum atomic E-state index is 4.44. The summed E-state index contributed by atoms with van der Waals surface area (Å²) in [6.07, 6.45) is 2.94. The Hall–Kier alpha value is -1.19. The lowest BCUT2D eigenvalue weighted by molar-refractivity contribution is 0.454. The molecule has 0 aliphatic rings. The molecule has 0 bridgehead atoms. The van der Waals surface area contributed by atoms with E-state index in [-0.39, 0.29) is 5.41 Å². The Labute approximate surface area is 132 Å². The molecule has 1 heterocycles. The van der Waals surface area contributed by atoms with Crippen LogP contribution >= 0.6 is 11.3 Å². The van der Waals surface area contributed by atoms with Gasteiger partial charge in [-0.1, -0.05) is 52.0 Å². The van der Waals surface area contributed by atoms with Crippen molar-refractivity contribution in [3.8, 4) is 0 Å². The minimum Gasteiger partial charge on any atom is -0.301 e. The second-order valence-electron chi connectivity index (χ2n) is 6.59. The van der Waals surface area contributed by atoms with Crippen molar-refractivity contribution in [2.75, 3.05) is 0 Å². The van der Waals surface area contributed by atoms with Gasteiger partial charge in [-0.05, 0) is 29.9 Å². The fourth-order valence-electron chi connectivity index (χ4n) is 2.44. The molecule has 0 amide bonds. The van der Waals surface area contributed by atoms with Crippen LogP contribution in [0.1, 0.15) is 69.3 Å². The van der Waals surface area contributed by atoms with Crippen molar-refractivity contribution in [3.63, 3.8) is 0 Å². The lowest BCUT2D eigenvalue weighted by Crippen LogP contribution is -2.24. The topological polar surface area (TPSA) is 24.9 Å². The molecule has 1 aromatic heterocycles. The van der Waals surface area contributed by atoms with Crippen LogP contribution in [0.2, 0.25) is 0 Å². The van der Waals surface area contributed by atoms with Gasteiger partial charge in [0.25, 0.3) is 0 Å². The van der Waals surface area contributed by atoms with Crippen molar-refractivity contribution in [1.29, 1.82) is 0 Å². The molecule has 2 rings (SSSR count). The Morgan fingerprint density at radius 2 is 1.86 bits per heavy atom. The van der Waals surface area contributed by atoms with Crippen LogP contribution in [0.25, 0.3) is 0 Å². The molecular formula is C18H26N2S. The van der Waals surface area contributed by atoms with Crippen LogP contribution in [0.3, 0.4) is 0 Å². The predicted molar refractivity (Wildman–Crippen MR) is 91.8 cm³/mol. The molecule has 0 fully saturated rings. The summed E-state index contributed by atoms with van der Waals surface area (Å²) in [5, 5.41) is 6.91. The Morgan fingerprint density at radius 1 is 1.19 bits per heavy atom. The summed E-state index contributed by atoms with van der Waals surface area (Å²) in [7, 11) is 0. The van der Waals surface area contributed by atoms with Gasteiger partial charge >= 0.3 is 0 Å². The molecule has 0 aliphatic carbocycles. The first kappa shape index (κ1) is 16.2. The van der Waals surface area contributed by atoms with Crippen molar-refractivity contribution in [2.24, 2.45) is 0 Å². The standard InChI is InChI=1S/C18H26N2S/c1-6-16(17-19-11-12-21-17)20-13(2)14-7-9-15(10-8-14)18(3,4)5/h7-13,16,20H,6H2,1-5H3. The van der Waals surface area contributed by atoms with Crippen LogP contribution in [0.5, 0.6) is 0 Å². The first-order valence-electron chi connectivity index (χ1n) is 7.67. The van der Waals surface area contributed by atoms with Crippen molar-refractivity contribution in [2.45, 2.75) is 58.5 Å². The van der Waals surface area contributed by atoms with Crippen molar-refractivity contribution >= 4 is 11.3 Å². The highest BCUT2D eigenvalue weighted by Gasteiger charge is 2.17. The summed E-state index contributed by atoms with van der Waals surface area (Å²) in [6, 6.07) is 9.64. The van der Waals surface area contributed by atoms with Crippen molar-refractivity contribution in [1.82, 2.24) is 10.3 Å². The monoisotopic (exact) mass is 302 g/mol. The molecule has 0 spiro atoms. The van der Waals surface area contributed by atoms with Gasteiger partial charge in [-0.15, -0.1) is 11.3 Å². The zero-order chi connectivity index (χ0) is 15.5. The van der Waals surface area contributed by atoms with Gasteiger partial charge in [-0.2, -0.15) is 0 Å². The zero-order valence-corrected chi connectivity index (χ0v) is 14.5. The molecule has 0 aliphatic heterocycles. The van der Waals surface area contributed by atoms with Crippen LogP contribution < -0.4 is 5.32 Å². The van der Waals surface area contributed by atoms with Gasteiger partial charge in [-0.3, -0.25) is 0 Å². The third kappa shape index (κ3) is 4.14. The summed E-state index contributed by atoms with van der Waals surface area (Å²) in [4.78, 5) is 4.44. The number of hydrogen-bond donors (Lipinski definition) is 1. The van der Waals surface area contributed by atoms with Crippen molar-refractivity contribution < 1.29 is 0 Å². The van der Waals surface area contributed by atoms with E-state index in [1.807, 2.05) is 11.6 Å².